The van der Waals surface area contributed by atoms with Crippen LogP contribution in [0.1, 0.15) is 82.4 Å². The van der Waals surface area contributed by atoms with Gasteiger partial charge in [-0.05, 0) is 76.3 Å². The highest BCUT2D eigenvalue weighted by atomic mass is 32.2. The predicted octanol–water partition coefficient (Wildman–Crippen LogP) is 5.25. The first-order chi connectivity index (χ1) is 24.8. The molecule has 1 unspecified atom stereocenters. The maximum Gasteiger partial charge on any atom is 0.259 e. The van der Waals surface area contributed by atoms with E-state index in [4.69, 9.17) is 19.4 Å². The number of sulfonamides is 1. The minimum atomic E-state index is -3.83. The lowest BCUT2D eigenvalue weighted by atomic mass is 9.93. The highest BCUT2D eigenvalue weighted by Gasteiger charge is 2.62. The highest BCUT2D eigenvalue weighted by Crippen LogP contribution is 2.47. The van der Waals surface area contributed by atoms with Gasteiger partial charge in [0.2, 0.25) is 21.8 Å². The standard InChI is InChI=1S/C38H47N5O7S2/c1-21(2)30-20-51-35(40-30)29-18-32(26-13-14-31(49-5)22(3)33(26)39-29)50-24-16-27-28(17-24)36(45)43(4)15-9-7-6-8-10-23-19-38(23,41-34(27)44)37(46)42-52(47,48)25-11-12-25/h8,10,13-14,18,20-21,23-25,27-28H,6-7,9,11-12,15-17,19H2,1-5H3,(H,41,44)(H,42,46)/t23-,24+,27+,28?,38+/m0/s1. The number of nitrogens with one attached hydrogen (secondary N) is 2. The van der Waals surface area contributed by atoms with Crippen molar-refractivity contribution in [1.29, 1.82) is 0 Å². The lowest BCUT2D eigenvalue weighted by Gasteiger charge is -2.26. The van der Waals surface area contributed by atoms with E-state index in [0.717, 1.165) is 40.9 Å². The Morgan fingerprint density at radius 1 is 1.12 bits per heavy atom. The molecule has 0 radical (unpaired) electrons. The fourth-order valence-corrected chi connectivity index (χ4v) is 9.85. The molecule has 3 saturated carbocycles. The van der Waals surface area contributed by atoms with Crippen molar-refractivity contribution >= 4 is 50.0 Å². The number of methoxy groups -OCH3 is 1. The van der Waals surface area contributed by atoms with Gasteiger partial charge in [-0.25, -0.2) is 18.4 Å². The molecule has 3 fully saturated rings. The van der Waals surface area contributed by atoms with Crippen LogP contribution in [0.5, 0.6) is 11.5 Å². The van der Waals surface area contributed by atoms with Crippen LogP contribution in [0.15, 0.2) is 35.7 Å². The Morgan fingerprint density at radius 2 is 1.88 bits per heavy atom. The number of hydrogen-bond donors (Lipinski definition) is 2. The molecule has 3 aromatic rings. The molecule has 3 aliphatic carbocycles. The van der Waals surface area contributed by atoms with Gasteiger partial charge in [0, 0.05) is 41.9 Å². The van der Waals surface area contributed by atoms with Crippen molar-refractivity contribution in [2.45, 2.75) is 94.9 Å². The van der Waals surface area contributed by atoms with E-state index in [2.05, 4.69) is 23.9 Å². The first kappa shape index (κ1) is 36.3. The monoisotopic (exact) mass is 749 g/mol. The van der Waals surface area contributed by atoms with Crippen LogP contribution in [-0.2, 0) is 24.4 Å². The number of rotatable bonds is 8. The summed E-state index contributed by atoms with van der Waals surface area (Å²) < 4.78 is 40.2. The van der Waals surface area contributed by atoms with Crippen LogP contribution in [-0.4, -0.2) is 78.6 Å². The average Bonchev–Trinajstić information content (AvgIpc) is 3.98. The van der Waals surface area contributed by atoms with E-state index in [0.29, 0.717) is 48.5 Å². The summed E-state index contributed by atoms with van der Waals surface area (Å²) in [5.41, 5.74) is 1.79. The highest BCUT2D eigenvalue weighted by molar-refractivity contribution is 7.91. The zero-order chi connectivity index (χ0) is 36.9. The summed E-state index contributed by atoms with van der Waals surface area (Å²) in [6.45, 7) is 6.69. The van der Waals surface area contributed by atoms with E-state index < -0.39 is 50.6 Å². The Hall–Kier alpha value is -4.04. The number of ether oxygens (including phenoxy) is 2. The van der Waals surface area contributed by atoms with E-state index in [1.54, 1.807) is 19.1 Å². The third kappa shape index (κ3) is 7.03. The molecule has 2 aromatic heterocycles. The molecule has 0 bridgehead atoms. The second-order valence-electron chi connectivity index (χ2n) is 15.1. The third-order valence-corrected chi connectivity index (χ3v) is 13.7. The minimum absolute atomic E-state index is 0.147. The molecule has 0 spiro atoms. The zero-order valence-corrected chi connectivity index (χ0v) is 31.9. The Morgan fingerprint density at radius 3 is 2.60 bits per heavy atom. The Kier molecular flexibility index (Phi) is 9.83. The van der Waals surface area contributed by atoms with Gasteiger partial charge in [0.1, 0.15) is 33.8 Å². The van der Waals surface area contributed by atoms with Crippen molar-refractivity contribution in [2.24, 2.45) is 17.8 Å². The van der Waals surface area contributed by atoms with Gasteiger partial charge in [0.25, 0.3) is 5.91 Å². The second-order valence-corrected chi connectivity index (χ2v) is 17.9. The normalized spacial score (nSPS) is 26.8. The first-order valence-corrected chi connectivity index (χ1v) is 20.6. The van der Waals surface area contributed by atoms with Crippen LogP contribution in [0.25, 0.3) is 21.6 Å². The molecule has 2 N–H and O–H groups in total. The number of thiazole rings is 1. The number of aromatic nitrogens is 2. The number of aryl methyl sites for hydroxylation is 1. The Labute approximate surface area is 308 Å². The van der Waals surface area contributed by atoms with Crippen LogP contribution < -0.4 is 19.5 Å². The molecule has 3 amide bonds. The molecule has 0 saturated heterocycles. The van der Waals surface area contributed by atoms with E-state index in [-0.39, 0.29) is 30.6 Å². The summed E-state index contributed by atoms with van der Waals surface area (Å²) in [6, 6.07) is 5.66. The number of fused-ring (bicyclic) bond motifs is 3. The molecule has 7 rings (SSSR count). The van der Waals surface area contributed by atoms with Crippen molar-refractivity contribution in [1.82, 2.24) is 24.9 Å². The van der Waals surface area contributed by atoms with Crippen molar-refractivity contribution in [3.63, 3.8) is 0 Å². The van der Waals surface area contributed by atoms with Crippen LogP contribution in [0.2, 0.25) is 0 Å². The Balaban J connectivity index is 1.21. The molecule has 1 aromatic carbocycles. The summed E-state index contributed by atoms with van der Waals surface area (Å²) in [6.07, 6.45) is 7.61. The van der Waals surface area contributed by atoms with Crippen LogP contribution >= 0.6 is 11.3 Å². The maximum absolute atomic E-state index is 14.3. The molecule has 278 valence electrons. The molecular weight excluding hydrogens is 703 g/mol. The van der Waals surface area contributed by atoms with Gasteiger partial charge in [0.15, 0.2) is 0 Å². The number of hydrogen-bond acceptors (Lipinski definition) is 10. The van der Waals surface area contributed by atoms with Crippen LogP contribution in [0.4, 0.5) is 0 Å². The number of amides is 3. The van der Waals surface area contributed by atoms with Crippen molar-refractivity contribution in [3.8, 4) is 22.2 Å². The molecule has 52 heavy (non-hydrogen) atoms. The number of allylic oxidation sites excluding steroid dienone is 1. The van der Waals surface area contributed by atoms with Crippen molar-refractivity contribution in [2.75, 3.05) is 20.7 Å². The number of carbonyl (C=O) groups excluding carboxylic acids is 3. The molecule has 1 aliphatic heterocycles. The smallest absolute Gasteiger partial charge is 0.259 e. The lowest BCUT2D eigenvalue weighted by molar-refractivity contribution is -0.140. The maximum atomic E-state index is 14.3. The molecular formula is C38H47N5O7S2. The number of benzene rings is 1. The zero-order valence-electron chi connectivity index (χ0n) is 30.3. The summed E-state index contributed by atoms with van der Waals surface area (Å²) in [7, 11) is -0.445. The van der Waals surface area contributed by atoms with Gasteiger partial charge in [-0.15, -0.1) is 11.3 Å². The molecule has 12 nitrogen and oxygen atoms in total. The average molecular weight is 750 g/mol. The van der Waals surface area contributed by atoms with E-state index in [1.807, 2.05) is 42.7 Å². The van der Waals surface area contributed by atoms with Gasteiger partial charge in [-0.3, -0.25) is 19.1 Å². The largest absolute Gasteiger partial charge is 0.496 e. The van der Waals surface area contributed by atoms with Crippen LogP contribution in [0.3, 0.4) is 0 Å². The molecule has 14 heteroatoms. The Bertz CT molecular complexity index is 2040. The number of pyridine rings is 1. The second kappa shape index (κ2) is 14.1. The van der Waals surface area contributed by atoms with Crippen LogP contribution in [0, 0.1) is 24.7 Å². The molecule has 4 aliphatic rings. The van der Waals surface area contributed by atoms with Gasteiger partial charge < -0.3 is 19.7 Å². The minimum Gasteiger partial charge on any atom is -0.496 e. The molecule has 3 heterocycles. The first-order valence-electron chi connectivity index (χ1n) is 18.2. The SMILES string of the molecule is COc1ccc2c(O[C@H]3CC4C(=O)N(C)CCCCC=C[C@H]5C[C@@]5(C(=O)NS(=O)(=O)C5CC5)NC(=O)[C@@H]4C3)cc(-c3nc(C(C)C)cs3)nc2c1C. The summed E-state index contributed by atoms with van der Waals surface area (Å²) >= 11 is 1.51. The van der Waals surface area contributed by atoms with Gasteiger partial charge in [0.05, 0.1) is 35.4 Å². The topological polar surface area (TPSA) is 157 Å². The fourth-order valence-electron chi connectivity index (χ4n) is 7.55. The van der Waals surface area contributed by atoms with E-state index in [9.17, 15) is 22.8 Å². The third-order valence-electron chi connectivity index (χ3n) is 11.0. The van der Waals surface area contributed by atoms with E-state index >= 15 is 0 Å². The lowest BCUT2D eigenvalue weighted by Crippen LogP contribution is -2.54. The fraction of sp³-hybridized carbons (Fsp3) is 0.553. The number of carbonyl (C=O) groups is 3. The summed E-state index contributed by atoms with van der Waals surface area (Å²) in [4.78, 5) is 53.5. The van der Waals surface area contributed by atoms with Gasteiger partial charge >= 0.3 is 0 Å². The van der Waals surface area contributed by atoms with Crippen molar-refractivity contribution in [3.05, 3.63) is 47.0 Å². The van der Waals surface area contributed by atoms with E-state index in [1.165, 1.54) is 11.3 Å². The summed E-state index contributed by atoms with van der Waals surface area (Å²) in [5.74, 6) is -1.63. The molecule has 5 atom stereocenters. The summed E-state index contributed by atoms with van der Waals surface area (Å²) in [5, 5.41) is 5.95. The number of nitrogens with zero attached hydrogens (tertiary/aromatic N) is 3. The van der Waals surface area contributed by atoms with Gasteiger partial charge in [-0.1, -0.05) is 26.0 Å². The van der Waals surface area contributed by atoms with Crippen molar-refractivity contribution < 1.29 is 32.3 Å². The van der Waals surface area contributed by atoms with Gasteiger partial charge in [-0.2, -0.15) is 0 Å². The quantitative estimate of drug-likeness (QED) is 0.294. The predicted molar refractivity (Wildman–Crippen MR) is 199 cm³/mol.